The quantitative estimate of drug-likeness (QED) is 0.810. The third-order valence-corrected chi connectivity index (χ3v) is 1.93. The Balaban J connectivity index is 2.72. The molecule has 0 radical (unpaired) electrons. The van der Waals surface area contributed by atoms with Crippen molar-refractivity contribution >= 4 is 21.6 Å². The van der Waals surface area contributed by atoms with Gasteiger partial charge in [0.05, 0.1) is 12.3 Å². The Morgan fingerprint density at radius 1 is 1.50 bits per heavy atom. The Morgan fingerprint density at radius 2 is 2.25 bits per heavy atom. The molecule has 2 N–H and O–H groups in total. The van der Waals surface area contributed by atoms with E-state index in [0.29, 0.717) is 12.3 Å². The molecule has 0 saturated heterocycles. The molecule has 0 heterocycles. The summed E-state index contributed by atoms with van der Waals surface area (Å²) in [6.07, 6.45) is 0.996. The molecular formula is C9H12BrNO. The number of hydrogen-bond donors (Lipinski definition) is 1. The third kappa shape index (κ3) is 2.41. The summed E-state index contributed by atoms with van der Waals surface area (Å²) in [7, 11) is 0. The van der Waals surface area contributed by atoms with Crippen molar-refractivity contribution in [2.75, 3.05) is 12.3 Å². The summed E-state index contributed by atoms with van der Waals surface area (Å²) in [6.45, 7) is 2.78. The van der Waals surface area contributed by atoms with Crippen molar-refractivity contribution in [3.8, 4) is 5.75 Å². The molecule has 0 aliphatic heterocycles. The number of benzene rings is 1. The Hall–Kier alpha value is -0.700. The molecular weight excluding hydrogens is 218 g/mol. The highest BCUT2D eigenvalue weighted by molar-refractivity contribution is 9.10. The molecule has 0 fully saturated rings. The molecule has 0 aromatic heterocycles. The van der Waals surface area contributed by atoms with E-state index >= 15 is 0 Å². The molecule has 0 unspecified atom stereocenters. The fourth-order valence-electron chi connectivity index (χ4n) is 0.863. The molecule has 1 rings (SSSR count). The van der Waals surface area contributed by atoms with Gasteiger partial charge in [0.15, 0.2) is 0 Å². The first kappa shape index (κ1) is 9.39. The zero-order valence-electron chi connectivity index (χ0n) is 7.01. The third-order valence-electron chi connectivity index (χ3n) is 1.43. The van der Waals surface area contributed by atoms with Gasteiger partial charge in [-0.15, -0.1) is 0 Å². The van der Waals surface area contributed by atoms with Gasteiger partial charge in [0.2, 0.25) is 0 Å². The number of halogens is 1. The van der Waals surface area contributed by atoms with Crippen LogP contribution >= 0.6 is 15.9 Å². The maximum Gasteiger partial charge on any atom is 0.142 e. The van der Waals surface area contributed by atoms with E-state index in [1.807, 2.05) is 18.2 Å². The van der Waals surface area contributed by atoms with E-state index in [0.717, 1.165) is 16.6 Å². The van der Waals surface area contributed by atoms with Crippen LogP contribution in [0, 0.1) is 0 Å². The summed E-state index contributed by atoms with van der Waals surface area (Å²) in [5.74, 6) is 0.764. The molecule has 0 amide bonds. The number of anilines is 1. The minimum atomic E-state index is 0.679. The topological polar surface area (TPSA) is 35.2 Å². The Morgan fingerprint density at radius 3 is 2.83 bits per heavy atom. The fraction of sp³-hybridized carbons (Fsp3) is 0.333. The Labute approximate surface area is 80.8 Å². The van der Waals surface area contributed by atoms with Crippen LogP contribution in [0.5, 0.6) is 5.75 Å². The lowest BCUT2D eigenvalue weighted by molar-refractivity contribution is 0.319. The van der Waals surface area contributed by atoms with Gasteiger partial charge in [-0.3, -0.25) is 0 Å². The summed E-state index contributed by atoms with van der Waals surface area (Å²) >= 11 is 3.33. The molecule has 0 atom stereocenters. The average Bonchev–Trinajstić information content (AvgIpc) is 2.03. The smallest absolute Gasteiger partial charge is 0.142 e. The van der Waals surface area contributed by atoms with Crippen molar-refractivity contribution in [1.29, 1.82) is 0 Å². The zero-order valence-corrected chi connectivity index (χ0v) is 8.60. The largest absolute Gasteiger partial charge is 0.491 e. The van der Waals surface area contributed by atoms with Crippen LogP contribution < -0.4 is 10.5 Å². The first-order valence-electron chi connectivity index (χ1n) is 3.92. The van der Waals surface area contributed by atoms with Crippen LogP contribution in [-0.2, 0) is 0 Å². The highest BCUT2D eigenvalue weighted by Crippen LogP contribution is 2.25. The molecule has 66 valence electrons. The van der Waals surface area contributed by atoms with Gasteiger partial charge >= 0.3 is 0 Å². The van der Waals surface area contributed by atoms with Gasteiger partial charge in [-0.25, -0.2) is 0 Å². The van der Waals surface area contributed by atoms with Crippen LogP contribution in [0.1, 0.15) is 13.3 Å². The SMILES string of the molecule is CCCOc1ccc(Br)cc1N. The maximum atomic E-state index is 5.71. The van der Waals surface area contributed by atoms with Crippen molar-refractivity contribution in [2.45, 2.75) is 13.3 Å². The van der Waals surface area contributed by atoms with E-state index in [-0.39, 0.29) is 0 Å². The van der Waals surface area contributed by atoms with Crippen LogP contribution in [0.3, 0.4) is 0 Å². The van der Waals surface area contributed by atoms with Gasteiger partial charge in [-0.1, -0.05) is 22.9 Å². The standard InChI is InChI=1S/C9H12BrNO/c1-2-5-12-9-4-3-7(10)6-8(9)11/h3-4,6H,2,5,11H2,1H3. The van der Waals surface area contributed by atoms with Crippen molar-refractivity contribution < 1.29 is 4.74 Å². The van der Waals surface area contributed by atoms with Gasteiger partial charge in [-0.2, -0.15) is 0 Å². The second kappa shape index (κ2) is 4.36. The summed E-state index contributed by atoms with van der Waals surface area (Å²) in [5, 5.41) is 0. The lowest BCUT2D eigenvalue weighted by Crippen LogP contribution is -1.98. The second-order valence-corrected chi connectivity index (χ2v) is 3.45. The van der Waals surface area contributed by atoms with Crippen molar-refractivity contribution in [3.63, 3.8) is 0 Å². The zero-order chi connectivity index (χ0) is 8.97. The summed E-state index contributed by atoms with van der Waals surface area (Å²) in [6, 6.07) is 5.63. The van der Waals surface area contributed by atoms with Crippen molar-refractivity contribution in [1.82, 2.24) is 0 Å². The van der Waals surface area contributed by atoms with Gasteiger partial charge in [0.25, 0.3) is 0 Å². The highest BCUT2D eigenvalue weighted by atomic mass is 79.9. The number of ether oxygens (including phenoxy) is 1. The van der Waals surface area contributed by atoms with E-state index in [1.165, 1.54) is 0 Å². The first-order valence-corrected chi connectivity index (χ1v) is 4.71. The normalized spacial score (nSPS) is 9.83. The summed E-state index contributed by atoms with van der Waals surface area (Å²) in [4.78, 5) is 0. The van der Waals surface area contributed by atoms with Crippen LogP contribution in [-0.4, -0.2) is 6.61 Å². The lowest BCUT2D eigenvalue weighted by atomic mass is 10.3. The van der Waals surface area contributed by atoms with Gasteiger partial charge in [0, 0.05) is 4.47 Å². The molecule has 1 aromatic rings. The average molecular weight is 230 g/mol. The molecule has 0 spiro atoms. The minimum Gasteiger partial charge on any atom is -0.491 e. The molecule has 1 aromatic carbocycles. The summed E-state index contributed by atoms with van der Waals surface area (Å²) < 4.78 is 6.37. The monoisotopic (exact) mass is 229 g/mol. The number of rotatable bonds is 3. The predicted molar refractivity (Wildman–Crippen MR) is 54.3 cm³/mol. The van der Waals surface area contributed by atoms with Gasteiger partial charge in [0.1, 0.15) is 5.75 Å². The van der Waals surface area contributed by atoms with Gasteiger partial charge in [-0.05, 0) is 24.6 Å². The van der Waals surface area contributed by atoms with E-state index < -0.39 is 0 Å². The number of nitrogens with two attached hydrogens (primary N) is 1. The van der Waals surface area contributed by atoms with Crippen LogP contribution in [0.15, 0.2) is 22.7 Å². The van der Waals surface area contributed by atoms with E-state index in [2.05, 4.69) is 22.9 Å². The lowest BCUT2D eigenvalue weighted by Gasteiger charge is -2.07. The maximum absolute atomic E-state index is 5.71. The fourth-order valence-corrected chi connectivity index (χ4v) is 1.24. The van der Waals surface area contributed by atoms with Crippen LogP contribution in [0.25, 0.3) is 0 Å². The first-order chi connectivity index (χ1) is 5.74. The molecule has 12 heavy (non-hydrogen) atoms. The van der Waals surface area contributed by atoms with Crippen molar-refractivity contribution in [3.05, 3.63) is 22.7 Å². The molecule has 0 aliphatic rings. The van der Waals surface area contributed by atoms with E-state index in [1.54, 1.807) is 0 Å². The van der Waals surface area contributed by atoms with Gasteiger partial charge < -0.3 is 10.5 Å². The Bertz CT molecular complexity index is 263. The van der Waals surface area contributed by atoms with Crippen LogP contribution in [0.4, 0.5) is 5.69 Å². The highest BCUT2D eigenvalue weighted by Gasteiger charge is 1.98. The van der Waals surface area contributed by atoms with E-state index in [9.17, 15) is 0 Å². The second-order valence-electron chi connectivity index (χ2n) is 2.53. The molecule has 0 saturated carbocycles. The summed E-state index contributed by atoms with van der Waals surface area (Å²) in [5.41, 5.74) is 6.39. The molecule has 2 nitrogen and oxygen atoms in total. The van der Waals surface area contributed by atoms with Crippen molar-refractivity contribution in [2.24, 2.45) is 0 Å². The van der Waals surface area contributed by atoms with E-state index in [4.69, 9.17) is 10.5 Å². The molecule has 0 bridgehead atoms. The minimum absolute atomic E-state index is 0.679. The Kier molecular flexibility index (Phi) is 3.41. The van der Waals surface area contributed by atoms with Crippen LogP contribution in [0.2, 0.25) is 0 Å². The molecule has 3 heteroatoms. The number of hydrogen-bond acceptors (Lipinski definition) is 2. The molecule has 0 aliphatic carbocycles. The number of nitrogen functional groups attached to an aromatic ring is 1. The predicted octanol–water partition coefficient (Wildman–Crippen LogP) is 2.82.